The van der Waals surface area contributed by atoms with Crippen LogP contribution in [0.25, 0.3) is 0 Å². The number of halogens is 1. The summed E-state index contributed by atoms with van der Waals surface area (Å²) in [5, 5.41) is 11.5. The molecule has 1 aromatic carbocycles. The van der Waals surface area contributed by atoms with Crippen LogP contribution in [0.15, 0.2) is 18.2 Å². The van der Waals surface area contributed by atoms with Gasteiger partial charge >= 0.3 is 12.0 Å². The lowest BCUT2D eigenvalue weighted by atomic mass is 10.1. The maximum absolute atomic E-state index is 13.5. The maximum atomic E-state index is 13.5. The number of carbonyl (C=O) groups is 2. The van der Waals surface area contributed by atoms with Crippen molar-refractivity contribution >= 4 is 17.7 Å². The van der Waals surface area contributed by atoms with Crippen LogP contribution in [0.5, 0.6) is 0 Å². The van der Waals surface area contributed by atoms with Gasteiger partial charge in [-0.15, -0.1) is 0 Å². The second-order valence-electron chi connectivity index (χ2n) is 4.68. The smallest absolute Gasteiger partial charge is 0.340 e. The third kappa shape index (κ3) is 4.42. The average molecular weight is 298 g/mol. The number of carbonyl (C=O) groups excluding carboxylic acids is 1. The highest BCUT2D eigenvalue weighted by atomic mass is 19.1. The molecule has 0 fully saturated rings. The number of nitrogens with zero attached hydrogens (tertiary/aromatic N) is 1. The molecule has 0 aliphatic rings. The summed E-state index contributed by atoms with van der Waals surface area (Å²) in [5.74, 6) is -2.33. The van der Waals surface area contributed by atoms with E-state index in [1.54, 1.807) is 0 Å². The number of carboxylic acid groups (broad SMARTS) is 1. The second kappa shape index (κ2) is 7.58. The topological polar surface area (TPSA) is 78.9 Å². The van der Waals surface area contributed by atoms with Crippen molar-refractivity contribution in [2.75, 3.05) is 25.6 Å². The van der Waals surface area contributed by atoms with Crippen LogP contribution in [0.1, 0.15) is 24.2 Å². The summed E-state index contributed by atoms with van der Waals surface area (Å²) in [6, 6.07) is 3.10. The number of rotatable bonds is 6. The first-order chi connectivity index (χ1) is 9.88. The van der Waals surface area contributed by atoms with Crippen molar-refractivity contribution in [2.24, 2.45) is 0 Å². The minimum Gasteiger partial charge on any atom is -0.478 e. The van der Waals surface area contributed by atoms with E-state index in [2.05, 4.69) is 5.32 Å². The minimum absolute atomic E-state index is 0.0735. The number of aromatic carboxylic acids is 1. The molecule has 1 rings (SSSR count). The molecule has 1 aromatic rings. The molecule has 0 atom stereocenters. The van der Waals surface area contributed by atoms with Gasteiger partial charge in [0.1, 0.15) is 11.4 Å². The molecule has 116 valence electrons. The summed E-state index contributed by atoms with van der Waals surface area (Å²) in [7, 11) is 1.52. The van der Waals surface area contributed by atoms with Gasteiger partial charge in [0, 0.05) is 19.7 Å². The summed E-state index contributed by atoms with van der Waals surface area (Å²) in [6.45, 7) is 4.33. The van der Waals surface area contributed by atoms with Crippen LogP contribution in [0.4, 0.5) is 14.9 Å². The molecular formula is C14H19FN2O4. The largest absolute Gasteiger partial charge is 0.478 e. The third-order valence-corrected chi connectivity index (χ3v) is 2.89. The fourth-order valence-electron chi connectivity index (χ4n) is 1.82. The van der Waals surface area contributed by atoms with Gasteiger partial charge in [-0.25, -0.2) is 14.0 Å². The Kier molecular flexibility index (Phi) is 6.10. The van der Waals surface area contributed by atoms with Gasteiger partial charge in [-0.3, -0.25) is 0 Å². The number of benzene rings is 1. The molecule has 2 amide bonds. The molecule has 0 aliphatic heterocycles. The van der Waals surface area contributed by atoms with E-state index in [0.29, 0.717) is 13.2 Å². The molecule has 7 heteroatoms. The van der Waals surface area contributed by atoms with Crippen molar-refractivity contribution in [3.8, 4) is 0 Å². The predicted molar refractivity (Wildman–Crippen MR) is 76.1 cm³/mol. The van der Waals surface area contributed by atoms with Gasteiger partial charge in [0.05, 0.1) is 12.3 Å². The van der Waals surface area contributed by atoms with Gasteiger partial charge in [0.25, 0.3) is 0 Å². The Hall–Kier alpha value is -2.15. The Morgan fingerprint density at radius 1 is 1.43 bits per heavy atom. The minimum atomic E-state index is -1.43. The molecule has 0 radical (unpaired) electrons. The molecular weight excluding hydrogens is 279 g/mol. The Balaban J connectivity index is 2.96. The summed E-state index contributed by atoms with van der Waals surface area (Å²) < 4.78 is 18.5. The van der Waals surface area contributed by atoms with E-state index in [0.717, 1.165) is 6.07 Å². The van der Waals surface area contributed by atoms with E-state index in [1.165, 1.54) is 24.1 Å². The van der Waals surface area contributed by atoms with Crippen LogP contribution >= 0.6 is 0 Å². The molecule has 0 saturated carbocycles. The van der Waals surface area contributed by atoms with Crippen LogP contribution in [0.2, 0.25) is 0 Å². The first-order valence-corrected chi connectivity index (χ1v) is 6.46. The van der Waals surface area contributed by atoms with Gasteiger partial charge in [0.2, 0.25) is 0 Å². The van der Waals surface area contributed by atoms with E-state index >= 15 is 0 Å². The molecule has 0 spiro atoms. The monoisotopic (exact) mass is 298 g/mol. The van der Waals surface area contributed by atoms with Gasteiger partial charge in [-0.2, -0.15) is 0 Å². The zero-order valence-corrected chi connectivity index (χ0v) is 12.2. The number of hydrogen-bond acceptors (Lipinski definition) is 3. The normalized spacial score (nSPS) is 10.5. The number of amides is 2. The summed E-state index contributed by atoms with van der Waals surface area (Å²) in [6.07, 6.45) is 0. The van der Waals surface area contributed by atoms with Gasteiger partial charge in [0.15, 0.2) is 0 Å². The van der Waals surface area contributed by atoms with E-state index in [-0.39, 0.29) is 11.7 Å². The molecule has 0 bridgehead atoms. The predicted octanol–water partition coefficient (Wildman–Crippen LogP) is 2.41. The van der Waals surface area contributed by atoms with Crippen LogP contribution in [0.3, 0.4) is 0 Å². The van der Waals surface area contributed by atoms with Crippen molar-refractivity contribution in [3.63, 3.8) is 0 Å². The van der Waals surface area contributed by atoms with Crippen molar-refractivity contribution in [1.29, 1.82) is 0 Å². The standard InChI is InChI=1S/C14H19FN2O4/c1-9(2)17(7-8-21-3)14(20)16-11-6-4-5-10(15)12(11)13(18)19/h4-6,9H,7-8H2,1-3H3,(H,16,20)(H,18,19). The molecule has 0 unspecified atom stereocenters. The molecule has 2 N–H and O–H groups in total. The Bertz CT molecular complexity index is 520. The zero-order chi connectivity index (χ0) is 16.0. The highest BCUT2D eigenvalue weighted by Gasteiger charge is 2.21. The van der Waals surface area contributed by atoms with Crippen LogP contribution in [0, 0.1) is 5.82 Å². The second-order valence-corrected chi connectivity index (χ2v) is 4.68. The van der Waals surface area contributed by atoms with Crippen LogP contribution < -0.4 is 5.32 Å². The molecule has 0 heterocycles. The number of hydrogen-bond donors (Lipinski definition) is 2. The van der Waals surface area contributed by atoms with Crippen molar-refractivity contribution < 1.29 is 23.8 Å². The quantitative estimate of drug-likeness (QED) is 0.845. The average Bonchev–Trinajstić information content (AvgIpc) is 2.38. The highest BCUT2D eigenvalue weighted by Crippen LogP contribution is 2.19. The van der Waals surface area contributed by atoms with Crippen molar-refractivity contribution in [3.05, 3.63) is 29.6 Å². The van der Waals surface area contributed by atoms with E-state index in [4.69, 9.17) is 9.84 Å². The molecule has 0 aliphatic carbocycles. The molecule has 21 heavy (non-hydrogen) atoms. The lowest BCUT2D eigenvalue weighted by Crippen LogP contribution is -2.42. The van der Waals surface area contributed by atoms with E-state index < -0.39 is 23.4 Å². The fraction of sp³-hybridized carbons (Fsp3) is 0.429. The van der Waals surface area contributed by atoms with Crippen LogP contribution in [-0.2, 0) is 4.74 Å². The number of carboxylic acids is 1. The fourth-order valence-corrected chi connectivity index (χ4v) is 1.82. The molecule has 6 nitrogen and oxygen atoms in total. The number of urea groups is 1. The third-order valence-electron chi connectivity index (χ3n) is 2.89. The van der Waals surface area contributed by atoms with E-state index in [1.807, 2.05) is 13.8 Å². The van der Waals surface area contributed by atoms with Crippen LogP contribution in [-0.4, -0.2) is 48.3 Å². The van der Waals surface area contributed by atoms with Gasteiger partial charge in [-0.1, -0.05) is 6.07 Å². The van der Waals surface area contributed by atoms with Crippen molar-refractivity contribution in [2.45, 2.75) is 19.9 Å². The molecule has 0 aromatic heterocycles. The lowest BCUT2D eigenvalue weighted by Gasteiger charge is -2.27. The number of methoxy groups -OCH3 is 1. The first kappa shape index (κ1) is 16.9. The zero-order valence-electron chi connectivity index (χ0n) is 12.2. The van der Waals surface area contributed by atoms with Crippen molar-refractivity contribution in [1.82, 2.24) is 4.90 Å². The Morgan fingerprint density at radius 3 is 2.62 bits per heavy atom. The summed E-state index contributed by atoms with van der Waals surface area (Å²) >= 11 is 0. The number of anilines is 1. The number of nitrogens with one attached hydrogen (secondary N) is 1. The van der Waals surface area contributed by atoms with E-state index in [9.17, 15) is 14.0 Å². The maximum Gasteiger partial charge on any atom is 0.340 e. The SMILES string of the molecule is COCCN(C(=O)Nc1cccc(F)c1C(=O)O)C(C)C. The van der Waals surface area contributed by atoms with Gasteiger partial charge in [-0.05, 0) is 26.0 Å². The molecule has 0 saturated heterocycles. The Morgan fingerprint density at radius 2 is 2.10 bits per heavy atom. The summed E-state index contributed by atoms with van der Waals surface area (Å²) in [5.41, 5.74) is -0.628. The van der Waals surface area contributed by atoms with Gasteiger partial charge < -0.3 is 20.1 Å². The Labute approximate surface area is 122 Å². The highest BCUT2D eigenvalue weighted by molar-refractivity contribution is 6.00. The first-order valence-electron chi connectivity index (χ1n) is 6.46. The number of ether oxygens (including phenoxy) is 1. The summed E-state index contributed by atoms with van der Waals surface area (Å²) in [4.78, 5) is 24.7. The lowest BCUT2D eigenvalue weighted by molar-refractivity contribution is 0.0693.